The van der Waals surface area contributed by atoms with Crippen molar-refractivity contribution in [3.05, 3.63) is 35.7 Å². The van der Waals surface area contributed by atoms with E-state index < -0.39 is 0 Å². The topological polar surface area (TPSA) is 142 Å². The number of amides is 1. The molecule has 2 aromatic heterocycles. The number of fused-ring (bicyclic) bond motifs is 1. The van der Waals surface area contributed by atoms with Gasteiger partial charge in [-0.25, -0.2) is 9.97 Å². The van der Waals surface area contributed by atoms with Crippen LogP contribution in [0.15, 0.2) is 29.6 Å². The lowest BCUT2D eigenvalue weighted by Crippen LogP contribution is -2.32. The van der Waals surface area contributed by atoms with Crippen LogP contribution in [-0.4, -0.2) is 45.8 Å². The molecule has 180 valence electrons. The average Bonchev–Trinajstić information content (AvgIpc) is 3.24. The number of nitrogens with two attached hydrogens (primary N) is 1. The molecule has 1 saturated carbocycles. The monoisotopic (exact) mass is 501 g/mol. The zero-order valence-electron chi connectivity index (χ0n) is 19.1. The summed E-state index contributed by atoms with van der Waals surface area (Å²) >= 11 is 1.29. The van der Waals surface area contributed by atoms with E-state index in [0.717, 1.165) is 48.2 Å². The van der Waals surface area contributed by atoms with Crippen LogP contribution in [0.1, 0.15) is 36.9 Å². The summed E-state index contributed by atoms with van der Waals surface area (Å²) in [6.45, 7) is 1.81. The third kappa shape index (κ3) is 5.91. The van der Waals surface area contributed by atoms with Gasteiger partial charge in [-0.1, -0.05) is 11.8 Å². The molecule has 1 fully saturated rings. The highest BCUT2D eigenvalue weighted by Gasteiger charge is 2.20. The van der Waals surface area contributed by atoms with Gasteiger partial charge in [0.05, 0.1) is 35.8 Å². The number of nitriles is 1. The summed E-state index contributed by atoms with van der Waals surface area (Å²) in [7, 11) is 1.64. The quantitative estimate of drug-likeness (QED) is 0.356. The van der Waals surface area contributed by atoms with Crippen LogP contribution in [0.2, 0.25) is 0 Å². The lowest BCUT2D eigenvalue weighted by Gasteiger charge is -2.28. The van der Waals surface area contributed by atoms with Gasteiger partial charge in [0.2, 0.25) is 5.91 Å². The molecule has 0 unspecified atom stereocenters. The minimum absolute atomic E-state index is 0. The maximum atomic E-state index is 12.6. The van der Waals surface area contributed by atoms with Crippen LogP contribution in [0.4, 0.5) is 11.4 Å². The largest absolute Gasteiger partial charge is 0.495 e. The minimum atomic E-state index is -0.146. The number of aromatic amines is 1. The molecule has 4 rings (SSSR count). The molecule has 1 amide bonds. The first-order chi connectivity index (χ1) is 16.0. The van der Waals surface area contributed by atoms with Gasteiger partial charge in [-0.05, 0) is 50.8 Å². The van der Waals surface area contributed by atoms with E-state index in [9.17, 15) is 4.79 Å². The van der Waals surface area contributed by atoms with Crippen LogP contribution < -0.4 is 21.1 Å². The lowest BCUT2D eigenvalue weighted by atomic mass is 9.91. The van der Waals surface area contributed by atoms with Gasteiger partial charge in [0.15, 0.2) is 5.16 Å². The number of methoxy groups -OCH3 is 1. The Bertz CT molecular complexity index is 1200. The van der Waals surface area contributed by atoms with Gasteiger partial charge in [0, 0.05) is 23.3 Å². The first kappa shape index (κ1) is 25.6. The fraction of sp³-hybridized carbons (Fsp3) is 0.391. The molecule has 3 aromatic rings. The summed E-state index contributed by atoms with van der Waals surface area (Å²) in [5, 5.41) is 16.2. The number of carbonyl (C=O) groups excluding carboxylic acids is 1. The zero-order chi connectivity index (χ0) is 23.4. The predicted molar refractivity (Wildman–Crippen MR) is 137 cm³/mol. The third-order valence-electron chi connectivity index (χ3n) is 5.80. The molecule has 1 aliphatic carbocycles. The number of nitrogens with zero attached hydrogens (tertiary/aromatic N) is 3. The number of hydrogen-bond acceptors (Lipinski definition) is 8. The second kappa shape index (κ2) is 11.4. The molecule has 9 nitrogen and oxygen atoms in total. The molecule has 1 aliphatic rings. The molecular weight excluding hydrogens is 474 g/mol. The number of H-pyrrole nitrogens is 1. The van der Waals surface area contributed by atoms with E-state index in [1.165, 1.54) is 11.8 Å². The summed E-state index contributed by atoms with van der Waals surface area (Å²) in [5.74, 6) is 0.778. The molecule has 0 spiro atoms. The predicted octanol–water partition coefficient (Wildman–Crippen LogP) is 3.98. The lowest BCUT2D eigenvalue weighted by molar-refractivity contribution is -0.113. The molecule has 0 saturated heterocycles. The first-order valence-corrected chi connectivity index (χ1v) is 11.8. The van der Waals surface area contributed by atoms with Crippen LogP contribution in [0, 0.1) is 18.3 Å². The van der Waals surface area contributed by atoms with Crippen molar-refractivity contribution in [1.82, 2.24) is 15.0 Å². The van der Waals surface area contributed by atoms with Crippen molar-refractivity contribution in [2.45, 2.75) is 49.8 Å². The van der Waals surface area contributed by atoms with Crippen molar-refractivity contribution >= 4 is 52.5 Å². The van der Waals surface area contributed by atoms with E-state index in [1.807, 2.05) is 25.1 Å². The van der Waals surface area contributed by atoms with Crippen molar-refractivity contribution in [2.24, 2.45) is 5.73 Å². The number of anilines is 2. The highest BCUT2D eigenvalue weighted by molar-refractivity contribution is 7.99. The molecule has 1 aromatic carbocycles. The van der Waals surface area contributed by atoms with Crippen molar-refractivity contribution in [2.75, 3.05) is 23.5 Å². The number of hydrogen-bond donors (Lipinski definition) is 4. The van der Waals surface area contributed by atoms with Gasteiger partial charge in [0.1, 0.15) is 17.5 Å². The number of benzene rings is 1. The summed E-state index contributed by atoms with van der Waals surface area (Å²) < 4.78 is 5.49. The Hall–Kier alpha value is -3.00. The van der Waals surface area contributed by atoms with Crippen molar-refractivity contribution in [1.29, 1.82) is 5.26 Å². The number of rotatable bonds is 7. The normalized spacial score (nSPS) is 17.5. The molecule has 34 heavy (non-hydrogen) atoms. The minimum Gasteiger partial charge on any atom is -0.495 e. The van der Waals surface area contributed by atoms with E-state index in [-0.39, 0.29) is 30.1 Å². The Morgan fingerprint density at radius 3 is 2.82 bits per heavy atom. The summed E-state index contributed by atoms with van der Waals surface area (Å²) in [5.41, 5.74) is 10.1. The molecule has 0 bridgehead atoms. The second-order valence-electron chi connectivity index (χ2n) is 8.16. The molecule has 0 atom stereocenters. The number of halogens is 1. The Balaban J connectivity index is 0.00000324. The summed E-state index contributed by atoms with van der Waals surface area (Å²) in [6, 6.07) is 8.25. The van der Waals surface area contributed by atoms with Gasteiger partial charge in [-0.3, -0.25) is 4.79 Å². The zero-order valence-corrected chi connectivity index (χ0v) is 20.7. The van der Waals surface area contributed by atoms with E-state index >= 15 is 0 Å². The Kier molecular flexibility index (Phi) is 8.61. The Morgan fingerprint density at radius 2 is 2.12 bits per heavy atom. The van der Waals surface area contributed by atoms with Crippen molar-refractivity contribution in [3.8, 4) is 11.8 Å². The van der Waals surface area contributed by atoms with Crippen molar-refractivity contribution < 1.29 is 9.53 Å². The number of nitrogens with one attached hydrogen (secondary N) is 3. The summed E-state index contributed by atoms with van der Waals surface area (Å²) in [6.07, 6.45) is 5.62. The SMILES string of the molecule is COc1ccc(NC(=O)CSc2nc3c(C)c(C#N)ncc3[nH]2)cc1NC1CCC(N)CC1.Cl. The molecule has 5 N–H and O–H groups in total. The van der Waals surface area contributed by atoms with Crippen LogP contribution >= 0.6 is 24.2 Å². The number of ether oxygens (including phenoxy) is 1. The van der Waals surface area contributed by atoms with Crippen molar-refractivity contribution in [3.63, 3.8) is 0 Å². The fourth-order valence-electron chi connectivity index (χ4n) is 3.98. The fourth-order valence-corrected chi connectivity index (χ4v) is 4.65. The summed E-state index contributed by atoms with van der Waals surface area (Å²) in [4.78, 5) is 24.3. The van der Waals surface area contributed by atoms with E-state index in [2.05, 4.69) is 31.7 Å². The first-order valence-electron chi connectivity index (χ1n) is 10.8. The number of carbonyl (C=O) groups is 1. The number of aryl methyl sites for hydroxylation is 1. The molecule has 0 aliphatic heterocycles. The van der Waals surface area contributed by atoms with Crippen LogP contribution in [0.3, 0.4) is 0 Å². The highest BCUT2D eigenvalue weighted by atomic mass is 35.5. The van der Waals surface area contributed by atoms with E-state index in [0.29, 0.717) is 28.1 Å². The highest BCUT2D eigenvalue weighted by Crippen LogP contribution is 2.31. The molecule has 0 radical (unpaired) electrons. The van der Waals surface area contributed by atoms with Crippen LogP contribution in [-0.2, 0) is 4.79 Å². The van der Waals surface area contributed by atoms with Gasteiger partial charge in [-0.2, -0.15) is 5.26 Å². The smallest absolute Gasteiger partial charge is 0.234 e. The van der Waals surface area contributed by atoms with Gasteiger partial charge >= 0.3 is 0 Å². The Labute approximate surface area is 208 Å². The number of thioether (sulfide) groups is 1. The van der Waals surface area contributed by atoms with Gasteiger partial charge in [0.25, 0.3) is 0 Å². The number of pyridine rings is 1. The maximum absolute atomic E-state index is 12.6. The van der Waals surface area contributed by atoms with E-state index in [1.54, 1.807) is 13.3 Å². The van der Waals surface area contributed by atoms with Crippen LogP contribution in [0.25, 0.3) is 11.0 Å². The second-order valence-corrected chi connectivity index (χ2v) is 9.12. The molecule has 11 heteroatoms. The van der Waals surface area contributed by atoms with Gasteiger partial charge in [-0.15, -0.1) is 12.4 Å². The maximum Gasteiger partial charge on any atom is 0.234 e. The standard InChI is InChI=1S/C23H27N7O2S.ClH/c1-13-18(10-24)26-11-19-22(13)30-23(29-19)33-12-21(31)28-16-7-8-20(32-2)17(9-16)27-15-5-3-14(25)4-6-15;/h7-9,11,14-15,27H,3-6,12,25H2,1-2H3,(H,28,31)(H,29,30);1H. The van der Waals surface area contributed by atoms with Crippen LogP contribution in [0.5, 0.6) is 5.75 Å². The number of imidazole rings is 1. The van der Waals surface area contributed by atoms with E-state index in [4.69, 9.17) is 15.7 Å². The van der Waals surface area contributed by atoms with Gasteiger partial charge < -0.3 is 26.1 Å². The average molecular weight is 502 g/mol. The molecule has 2 heterocycles. The Morgan fingerprint density at radius 1 is 1.35 bits per heavy atom. The third-order valence-corrected chi connectivity index (χ3v) is 6.68. The molecular formula is C23H28ClN7O2S. The number of aromatic nitrogens is 3.